The lowest BCUT2D eigenvalue weighted by molar-refractivity contribution is -0.113. The van der Waals surface area contributed by atoms with Crippen molar-refractivity contribution in [3.63, 3.8) is 0 Å². The number of rotatable bonds is 2. The topological polar surface area (TPSA) is 49.7 Å². The maximum absolute atomic E-state index is 9.72. The zero-order valence-corrected chi connectivity index (χ0v) is 9.47. The predicted octanol–water partition coefficient (Wildman–Crippen LogP) is 1.57. The van der Waals surface area contributed by atoms with Gasteiger partial charge in [-0.3, -0.25) is 0 Å². The zero-order chi connectivity index (χ0) is 11.5. The van der Waals surface area contributed by atoms with Crippen LogP contribution in [0, 0.1) is 6.92 Å². The second-order valence-corrected chi connectivity index (χ2v) is 4.47. The first kappa shape index (κ1) is 11.6. The van der Waals surface area contributed by atoms with Crippen LogP contribution >= 0.6 is 0 Å². The van der Waals surface area contributed by atoms with E-state index < -0.39 is 0 Å². The molecule has 0 radical (unpaired) electrons. The van der Waals surface area contributed by atoms with Crippen molar-refractivity contribution in [2.24, 2.45) is 0 Å². The monoisotopic (exact) mass is 222 g/mol. The van der Waals surface area contributed by atoms with Crippen LogP contribution in [0.15, 0.2) is 24.3 Å². The molecule has 0 bridgehead atoms. The second-order valence-electron chi connectivity index (χ2n) is 4.47. The Bertz CT molecular complexity index is 351. The molecular weight excluding hydrogens is 204 g/mol. The van der Waals surface area contributed by atoms with Crippen LogP contribution in [-0.4, -0.2) is 29.0 Å². The molecule has 3 nitrogen and oxygen atoms in total. The van der Waals surface area contributed by atoms with Crippen LogP contribution in [0.3, 0.4) is 0 Å². The summed E-state index contributed by atoms with van der Waals surface area (Å²) < 4.78 is 5.74. The zero-order valence-electron chi connectivity index (χ0n) is 9.47. The summed E-state index contributed by atoms with van der Waals surface area (Å²) in [6.07, 6.45) is 0.421. The summed E-state index contributed by atoms with van der Waals surface area (Å²) in [5.41, 5.74) is 2.26. The summed E-state index contributed by atoms with van der Waals surface area (Å²) in [5.74, 6) is 0. The Labute approximate surface area is 95.7 Å². The molecule has 1 aromatic carbocycles. The van der Waals surface area contributed by atoms with Gasteiger partial charge in [-0.15, -0.1) is 0 Å². The molecule has 2 rings (SSSR count). The Morgan fingerprint density at radius 2 is 2.19 bits per heavy atom. The highest BCUT2D eigenvalue weighted by atomic mass is 16.5. The molecule has 1 aliphatic rings. The fraction of sp³-hybridized carbons (Fsp3) is 0.538. The first-order valence-corrected chi connectivity index (χ1v) is 5.70. The molecular formula is C13H18O3. The van der Waals surface area contributed by atoms with Crippen LogP contribution in [0.1, 0.15) is 30.1 Å². The van der Waals surface area contributed by atoms with Gasteiger partial charge in [0.25, 0.3) is 0 Å². The summed E-state index contributed by atoms with van der Waals surface area (Å²) in [5, 5.41) is 18.8. The van der Waals surface area contributed by atoms with E-state index in [1.165, 1.54) is 5.56 Å². The van der Waals surface area contributed by atoms with E-state index in [-0.39, 0.29) is 24.9 Å². The molecule has 3 heteroatoms. The van der Waals surface area contributed by atoms with Gasteiger partial charge in [-0.05, 0) is 12.5 Å². The van der Waals surface area contributed by atoms with Gasteiger partial charge in [0.15, 0.2) is 0 Å². The lowest BCUT2D eigenvalue weighted by Gasteiger charge is -2.32. The molecule has 16 heavy (non-hydrogen) atoms. The number of aliphatic hydroxyl groups is 2. The van der Waals surface area contributed by atoms with Crippen LogP contribution in [-0.2, 0) is 4.74 Å². The van der Waals surface area contributed by atoms with Crippen LogP contribution in [0.5, 0.6) is 0 Å². The van der Waals surface area contributed by atoms with Crippen LogP contribution in [0.4, 0.5) is 0 Å². The molecule has 1 aromatic rings. The first-order valence-electron chi connectivity index (χ1n) is 5.70. The second kappa shape index (κ2) is 4.95. The van der Waals surface area contributed by atoms with Crippen molar-refractivity contribution in [3.05, 3.63) is 35.4 Å². The van der Waals surface area contributed by atoms with Gasteiger partial charge < -0.3 is 14.9 Å². The van der Waals surface area contributed by atoms with Gasteiger partial charge in [-0.1, -0.05) is 29.8 Å². The molecule has 3 unspecified atom stereocenters. The minimum absolute atomic E-state index is 0.0284. The first-order chi connectivity index (χ1) is 7.69. The average Bonchev–Trinajstić information content (AvgIpc) is 2.28. The Kier molecular flexibility index (Phi) is 3.59. The highest BCUT2D eigenvalue weighted by Crippen LogP contribution is 2.31. The predicted molar refractivity (Wildman–Crippen MR) is 61.1 cm³/mol. The van der Waals surface area contributed by atoms with Gasteiger partial charge in [0, 0.05) is 12.8 Å². The Balaban J connectivity index is 2.14. The Hall–Kier alpha value is -0.900. The molecule has 0 spiro atoms. The van der Waals surface area contributed by atoms with Crippen LogP contribution in [0.2, 0.25) is 0 Å². The van der Waals surface area contributed by atoms with Crippen molar-refractivity contribution in [3.8, 4) is 0 Å². The third-order valence-corrected chi connectivity index (χ3v) is 3.00. The van der Waals surface area contributed by atoms with E-state index in [9.17, 15) is 5.11 Å². The number of hydrogen-bond donors (Lipinski definition) is 2. The van der Waals surface area contributed by atoms with Gasteiger partial charge in [-0.2, -0.15) is 0 Å². The van der Waals surface area contributed by atoms with E-state index in [0.29, 0.717) is 12.8 Å². The van der Waals surface area contributed by atoms with Gasteiger partial charge in [0.1, 0.15) is 0 Å². The van der Waals surface area contributed by atoms with Crippen molar-refractivity contribution in [2.45, 2.75) is 38.1 Å². The smallest absolute Gasteiger partial charge is 0.0854 e. The van der Waals surface area contributed by atoms with Crippen LogP contribution in [0.25, 0.3) is 0 Å². The summed E-state index contributed by atoms with van der Waals surface area (Å²) in [4.78, 5) is 0. The minimum Gasteiger partial charge on any atom is -0.394 e. The maximum Gasteiger partial charge on any atom is 0.0854 e. The van der Waals surface area contributed by atoms with Crippen molar-refractivity contribution >= 4 is 0 Å². The summed E-state index contributed by atoms with van der Waals surface area (Å²) in [6, 6.07) is 8.09. The van der Waals surface area contributed by atoms with Gasteiger partial charge >= 0.3 is 0 Å². The molecule has 2 N–H and O–H groups in total. The Morgan fingerprint density at radius 1 is 1.38 bits per heavy atom. The van der Waals surface area contributed by atoms with Gasteiger partial charge in [-0.25, -0.2) is 0 Å². The van der Waals surface area contributed by atoms with E-state index in [0.717, 1.165) is 5.56 Å². The molecule has 88 valence electrons. The molecule has 1 fully saturated rings. The van der Waals surface area contributed by atoms with Crippen LogP contribution < -0.4 is 0 Å². The number of ether oxygens (including phenoxy) is 1. The number of benzene rings is 1. The number of aliphatic hydroxyl groups excluding tert-OH is 2. The van der Waals surface area contributed by atoms with E-state index in [2.05, 4.69) is 6.07 Å². The van der Waals surface area contributed by atoms with Crippen molar-refractivity contribution in [2.75, 3.05) is 6.61 Å². The molecule has 1 saturated heterocycles. The normalized spacial score (nSPS) is 30.3. The van der Waals surface area contributed by atoms with E-state index in [4.69, 9.17) is 9.84 Å². The average molecular weight is 222 g/mol. The lowest BCUT2D eigenvalue weighted by Crippen LogP contribution is -2.33. The van der Waals surface area contributed by atoms with Crippen molar-refractivity contribution in [1.29, 1.82) is 0 Å². The largest absolute Gasteiger partial charge is 0.394 e. The highest BCUT2D eigenvalue weighted by Gasteiger charge is 2.28. The fourth-order valence-electron chi connectivity index (χ4n) is 2.19. The van der Waals surface area contributed by atoms with E-state index >= 15 is 0 Å². The molecule has 0 aliphatic carbocycles. The molecule has 0 aromatic heterocycles. The SMILES string of the molecule is Cc1cccc(C2CC(O)CC(CO)O2)c1. The maximum atomic E-state index is 9.72. The molecule has 3 atom stereocenters. The molecule has 0 amide bonds. The molecule has 0 saturated carbocycles. The lowest BCUT2D eigenvalue weighted by atomic mass is 9.95. The molecule has 1 heterocycles. The van der Waals surface area contributed by atoms with Crippen molar-refractivity contribution in [1.82, 2.24) is 0 Å². The Morgan fingerprint density at radius 3 is 2.88 bits per heavy atom. The number of hydrogen-bond acceptors (Lipinski definition) is 3. The summed E-state index contributed by atoms with van der Waals surface area (Å²) >= 11 is 0. The standard InChI is InChI=1S/C13H18O3/c1-9-3-2-4-10(5-9)13-7-11(15)6-12(8-14)16-13/h2-5,11-15H,6-8H2,1H3. The van der Waals surface area contributed by atoms with Gasteiger partial charge in [0.2, 0.25) is 0 Å². The molecule has 1 aliphatic heterocycles. The van der Waals surface area contributed by atoms with Crippen molar-refractivity contribution < 1.29 is 14.9 Å². The minimum atomic E-state index is -0.378. The fourth-order valence-corrected chi connectivity index (χ4v) is 2.19. The highest BCUT2D eigenvalue weighted by molar-refractivity contribution is 5.24. The quantitative estimate of drug-likeness (QED) is 0.798. The summed E-state index contributed by atoms with van der Waals surface area (Å²) in [6.45, 7) is 2.01. The van der Waals surface area contributed by atoms with Gasteiger partial charge in [0.05, 0.1) is 24.9 Å². The van der Waals surface area contributed by atoms with E-state index in [1.807, 2.05) is 25.1 Å². The summed E-state index contributed by atoms with van der Waals surface area (Å²) in [7, 11) is 0. The van der Waals surface area contributed by atoms with E-state index in [1.54, 1.807) is 0 Å². The third kappa shape index (κ3) is 2.61. The number of aryl methyl sites for hydroxylation is 1. The third-order valence-electron chi connectivity index (χ3n) is 3.00.